The zero-order valence-electron chi connectivity index (χ0n) is 17.1. The minimum atomic E-state index is 0.172. The van der Waals surface area contributed by atoms with Crippen LogP contribution < -0.4 is 4.90 Å². The highest BCUT2D eigenvalue weighted by Gasteiger charge is 2.30. The first kappa shape index (κ1) is 20.5. The summed E-state index contributed by atoms with van der Waals surface area (Å²) in [5.74, 6) is 1.34. The zero-order chi connectivity index (χ0) is 20.4. The maximum Gasteiger partial charge on any atom is 0.233 e. The Morgan fingerprint density at radius 2 is 1.79 bits per heavy atom. The lowest BCUT2D eigenvalue weighted by molar-refractivity contribution is -0.134. The van der Waals surface area contributed by atoms with Crippen LogP contribution in [-0.4, -0.2) is 56.5 Å². The number of halogens is 1. The summed E-state index contributed by atoms with van der Waals surface area (Å²) < 4.78 is 2.01. The molecule has 2 aliphatic heterocycles. The molecule has 1 aromatic carbocycles. The van der Waals surface area contributed by atoms with Crippen molar-refractivity contribution in [3.05, 3.63) is 29.3 Å². The lowest BCUT2D eigenvalue weighted by atomic mass is 9.98. The Morgan fingerprint density at radius 1 is 1.10 bits per heavy atom. The van der Waals surface area contributed by atoms with Gasteiger partial charge in [0.1, 0.15) is 0 Å². The molecule has 2 atom stereocenters. The van der Waals surface area contributed by atoms with Crippen molar-refractivity contribution in [2.45, 2.75) is 63.2 Å². The van der Waals surface area contributed by atoms with E-state index in [1.165, 1.54) is 18.2 Å². The molecule has 2 aromatic rings. The number of thioether (sulfide) groups is 1. The van der Waals surface area contributed by atoms with Gasteiger partial charge in [-0.05, 0) is 58.1 Å². The fourth-order valence-electron chi connectivity index (χ4n) is 4.44. The van der Waals surface area contributed by atoms with Gasteiger partial charge in [-0.3, -0.25) is 9.36 Å². The zero-order valence-corrected chi connectivity index (χ0v) is 18.6. The summed E-state index contributed by atoms with van der Waals surface area (Å²) in [5.41, 5.74) is 0.857. The molecule has 0 saturated carbocycles. The SMILES string of the molecule is CC1CCCC(C)N1C(=O)CSc1nnc(N2CCCC2)n1-c1ccccc1Cl. The number of nitrogens with zero attached hydrogens (tertiary/aromatic N) is 5. The number of para-hydroxylation sites is 1. The molecular weight excluding hydrogens is 406 g/mol. The molecule has 29 heavy (non-hydrogen) atoms. The molecule has 2 aliphatic rings. The highest BCUT2D eigenvalue weighted by atomic mass is 35.5. The maximum atomic E-state index is 13.0. The largest absolute Gasteiger partial charge is 0.341 e. The van der Waals surface area contributed by atoms with Crippen molar-refractivity contribution in [2.75, 3.05) is 23.7 Å². The molecule has 1 aromatic heterocycles. The molecule has 3 heterocycles. The van der Waals surface area contributed by atoms with E-state index in [4.69, 9.17) is 11.6 Å². The Balaban J connectivity index is 1.59. The first-order valence-corrected chi connectivity index (χ1v) is 11.8. The van der Waals surface area contributed by atoms with Crippen LogP contribution in [0.1, 0.15) is 46.0 Å². The summed E-state index contributed by atoms with van der Waals surface area (Å²) >= 11 is 7.96. The van der Waals surface area contributed by atoms with E-state index in [0.717, 1.165) is 50.4 Å². The number of hydrogen-bond donors (Lipinski definition) is 0. The van der Waals surface area contributed by atoms with Crippen molar-refractivity contribution in [3.8, 4) is 5.69 Å². The van der Waals surface area contributed by atoms with Gasteiger partial charge in [0.2, 0.25) is 11.9 Å². The monoisotopic (exact) mass is 433 g/mol. The highest BCUT2D eigenvalue weighted by molar-refractivity contribution is 7.99. The molecule has 2 saturated heterocycles. The number of rotatable bonds is 5. The standard InChI is InChI=1S/C21H28ClN5OS/c1-15-8-7-9-16(2)26(15)19(28)14-29-21-24-23-20(25-12-5-6-13-25)27(21)18-11-4-3-10-17(18)22/h3-4,10-11,15-16H,5-9,12-14H2,1-2H3. The number of piperidine rings is 1. The lowest BCUT2D eigenvalue weighted by Crippen LogP contribution is -2.48. The molecule has 6 nitrogen and oxygen atoms in total. The second kappa shape index (κ2) is 8.96. The first-order chi connectivity index (χ1) is 14.1. The lowest BCUT2D eigenvalue weighted by Gasteiger charge is -2.39. The second-order valence-corrected chi connectivity index (χ2v) is 9.33. The van der Waals surface area contributed by atoms with E-state index in [1.807, 2.05) is 33.7 Å². The van der Waals surface area contributed by atoms with Crippen molar-refractivity contribution in [2.24, 2.45) is 0 Å². The molecule has 2 fully saturated rings. The fraction of sp³-hybridized carbons (Fsp3) is 0.571. The predicted octanol–water partition coefficient (Wildman–Crippen LogP) is 4.40. The first-order valence-electron chi connectivity index (χ1n) is 10.5. The van der Waals surface area contributed by atoms with Crippen LogP contribution in [0.3, 0.4) is 0 Å². The van der Waals surface area contributed by atoms with Gasteiger partial charge >= 0.3 is 0 Å². The van der Waals surface area contributed by atoms with Crippen LogP contribution in [0.2, 0.25) is 5.02 Å². The molecule has 0 N–H and O–H groups in total. The number of hydrogen-bond acceptors (Lipinski definition) is 5. The van der Waals surface area contributed by atoms with E-state index < -0.39 is 0 Å². The fourth-order valence-corrected chi connectivity index (χ4v) is 5.46. The van der Waals surface area contributed by atoms with Gasteiger partial charge in [-0.1, -0.05) is 35.5 Å². The number of carbonyl (C=O) groups excluding carboxylic acids is 1. The number of likely N-dealkylation sites (tertiary alicyclic amines) is 1. The van der Waals surface area contributed by atoms with Crippen molar-refractivity contribution < 1.29 is 4.79 Å². The molecule has 0 aliphatic carbocycles. The molecule has 8 heteroatoms. The average molecular weight is 434 g/mol. The summed E-state index contributed by atoms with van der Waals surface area (Å²) in [6, 6.07) is 8.34. The van der Waals surface area contributed by atoms with Gasteiger partial charge in [0, 0.05) is 25.2 Å². The molecule has 4 rings (SSSR count). The number of benzene rings is 1. The topological polar surface area (TPSA) is 54.3 Å². The smallest absolute Gasteiger partial charge is 0.233 e. The molecule has 0 bridgehead atoms. The van der Waals surface area contributed by atoms with Crippen LogP contribution >= 0.6 is 23.4 Å². The Bertz CT molecular complexity index is 857. The van der Waals surface area contributed by atoms with Gasteiger partial charge < -0.3 is 9.80 Å². The Hall–Kier alpha value is -1.73. The van der Waals surface area contributed by atoms with Crippen molar-refractivity contribution in [1.29, 1.82) is 0 Å². The third-order valence-electron chi connectivity index (χ3n) is 5.90. The van der Waals surface area contributed by atoms with E-state index in [2.05, 4.69) is 28.9 Å². The molecule has 2 unspecified atom stereocenters. The number of carbonyl (C=O) groups is 1. The summed E-state index contributed by atoms with van der Waals surface area (Å²) in [4.78, 5) is 17.3. The van der Waals surface area contributed by atoms with Crippen LogP contribution in [-0.2, 0) is 4.79 Å². The molecular formula is C21H28ClN5OS. The van der Waals surface area contributed by atoms with Gasteiger partial charge in [-0.15, -0.1) is 10.2 Å². The average Bonchev–Trinajstić information content (AvgIpc) is 3.36. The van der Waals surface area contributed by atoms with Crippen LogP contribution in [0.25, 0.3) is 5.69 Å². The second-order valence-electron chi connectivity index (χ2n) is 7.98. The third kappa shape index (κ3) is 4.26. The summed E-state index contributed by atoms with van der Waals surface area (Å²) in [5, 5.41) is 10.3. The van der Waals surface area contributed by atoms with Gasteiger partial charge in [0.25, 0.3) is 0 Å². The quantitative estimate of drug-likeness (QED) is 0.654. The number of amides is 1. The number of aromatic nitrogens is 3. The van der Waals surface area contributed by atoms with Gasteiger partial charge in [0.15, 0.2) is 5.16 Å². The van der Waals surface area contributed by atoms with Crippen LogP contribution in [0.5, 0.6) is 0 Å². The summed E-state index contributed by atoms with van der Waals surface area (Å²) in [7, 11) is 0. The summed E-state index contributed by atoms with van der Waals surface area (Å²) in [6.07, 6.45) is 5.66. The third-order valence-corrected chi connectivity index (χ3v) is 7.14. The minimum absolute atomic E-state index is 0.172. The van der Waals surface area contributed by atoms with Crippen molar-refractivity contribution in [1.82, 2.24) is 19.7 Å². The van der Waals surface area contributed by atoms with Gasteiger partial charge in [0.05, 0.1) is 16.5 Å². The van der Waals surface area contributed by atoms with E-state index in [9.17, 15) is 4.79 Å². The van der Waals surface area contributed by atoms with Crippen LogP contribution in [0, 0.1) is 0 Å². The normalized spacial score (nSPS) is 22.3. The maximum absolute atomic E-state index is 13.0. The molecule has 0 radical (unpaired) electrons. The van der Waals surface area contributed by atoms with Crippen LogP contribution in [0.15, 0.2) is 29.4 Å². The molecule has 1 amide bonds. The molecule has 156 valence electrons. The van der Waals surface area contributed by atoms with Crippen molar-refractivity contribution >= 4 is 35.2 Å². The minimum Gasteiger partial charge on any atom is -0.341 e. The van der Waals surface area contributed by atoms with Crippen LogP contribution in [0.4, 0.5) is 5.95 Å². The van der Waals surface area contributed by atoms with E-state index in [0.29, 0.717) is 28.0 Å². The number of anilines is 1. The van der Waals surface area contributed by atoms with Gasteiger partial charge in [-0.2, -0.15) is 0 Å². The highest BCUT2D eigenvalue weighted by Crippen LogP contribution is 2.32. The van der Waals surface area contributed by atoms with Gasteiger partial charge in [-0.25, -0.2) is 0 Å². The molecule has 0 spiro atoms. The Labute approximate surface area is 181 Å². The van der Waals surface area contributed by atoms with E-state index in [-0.39, 0.29) is 5.91 Å². The Kier molecular flexibility index (Phi) is 6.35. The summed E-state index contributed by atoms with van der Waals surface area (Å²) in [6.45, 7) is 6.23. The van der Waals surface area contributed by atoms with E-state index >= 15 is 0 Å². The predicted molar refractivity (Wildman–Crippen MR) is 118 cm³/mol. The van der Waals surface area contributed by atoms with Crippen molar-refractivity contribution in [3.63, 3.8) is 0 Å². The van der Waals surface area contributed by atoms with E-state index in [1.54, 1.807) is 0 Å². The Morgan fingerprint density at radius 3 is 2.48 bits per heavy atom.